The summed E-state index contributed by atoms with van der Waals surface area (Å²) in [6.07, 6.45) is 1.41. The maximum Gasteiger partial charge on any atom is 0.270 e. The average molecular weight is 444 g/mol. The van der Waals surface area contributed by atoms with Crippen LogP contribution in [-0.4, -0.2) is 33.4 Å². The highest BCUT2D eigenvalue weighted by atomic mass is 79.9. The van der Waals surface area contributed by atoms with Crippen molar-refractivity contribution in [2.45, 2.75) is 13.5 Å². The Labute approximate surface area is 169 Å². The van der Waals surface area contributed by atoms with E-state index in [-0.39, 0.29) is 18.2 Å². The van der Waals surface area contributed by atoms with Gasteiger partial charge in [0, 0.05) is 16.6 Å². The zero-order valence-electron chi connectivity index (χ0n) is 15.1. The van der Waals surface area contributed by atoms with Gasteiger partial charge in [-0.3, -0.25) is 9.59 Å². The number of amides is 2. The highest BCUT2D eigenvalue weighted by Gasteiger charge is 2.15. The fraction of sp³-hybridized carbons (Fsp3) is 0.158. The second-order valence-electron chi connectivity index (χ2n) is 5.87. The van der Waals surface area contributed by atoms with Gasteiger partial charge in [0.05, 0.1) is 6.20 Å². The first-order valence-corrected chi connectivity index (χ1v) is 9.29. The van der Waals surface area contributed by atoms with Gasteiger partial charge < -0.3 is 15.8 Å². The van der Waals surface area contributed by atoms with E-state index in [4.69, 9.17) is 10.5 Å². The van der Waals surface area contributed by atoms with Crippen LogP contribution >= 0.6 is 15.9 Å². The van der Waals surface area contributed by atoms with Crippen molar-refractivity contribution in [1.82, 2.24) is 20.3 Å². The summed E-state index contributed by atoms with van der Waals surface area (Å²) in [5.74, 6) is -0.468. The molecular formula is C19H18BrN5O3. The summed E-state index contributed by atoms with van der Waals surface area (Å²) in [4.78, 5) is 23.5. The minimum absolute atomic E-state index is 0.0331. The summed E-state index contributed by atoms with van der Waals surface area (Å²) in [7, 11) is 0. The minimum Gasteiger partial charge on any atom is -0.487 e. The number of rotatable bonds is 7. The predicted octanol–water partition coefficient (Wildman–Crippen LogP) is 2.46. The molecule has 144 valence electrons. The fourth-order valence-corrected chi connectivity index (χ4v) is 2.95. The number of aromatic nitrogens is 3. The monoisotopic (exact) mass is 443 g/mol. The number of nitrogens with one attached hydrogen (secondary N) is 1. The standard InChI is InChI=1S/C19H18BrN5O3/c1-2-22-19(27)13-6-7-16(25-10-15(18(21)26)23-24-25)17(9-13)28-11-12-4-3-5-14(20)8-12/h3-10H,2,11H2,1H3,(H2,21,26)(H,22,27). The van der Waals surface area contributed by atoms with E-state index in [2.05, 4.69) is 31.6 Å². The van der Waals surface area contributed by atoms with Crippen LogP contribution in [0.5, 0.6) is 5.75 Å². The number of hydrogen-bond donors (Lipinski definition) is 2. The Morgan fingerprint density at radius 2 is 2.07 bits per heavy atom. The average Bonchev–Trinajstić information content (AvgIpc) is 3.17. The van der Waals surface area contributed by atoms with Crippen molar-refractivity contribution in [1.29, 1.82) is 0 Å². The van der Waals surface area contributed by atoms with Crippen LogP contribution in [0.15, 0.2) is 53.1 Å². The number of nitrogens with zero attached hydrogens (tertiary/aromatic N) is 3. The molecule has 0 radical (unpaired) electrons. The highest BCUT2D eigenvalue weighted by Crippen LogP contribution is 2.26. The van der Waals surface area contributed by atoms with E-state index in [0.29, 0.717) is 23.5 Å². The number of primary amides is 1. The maximum atomic E-state index is 12.2. The highest BCUT2D eigenvalue weighted by molar-refractivity contribution is 9.10. The Hall–Kier alpha value is -3.20. The van der Waals surface area contributed by atoms with Gasteiger partial charge >= 0.3 is 0 Å². The fourth-order valence-electron chi connectivity index (χ4n) is 2.51. The molecule has 3 rings (SSSR count). The molecule has 9 heteroatoms. The lowest BCUT2D eigenvalue weighted by molar-refractivity contribution is 0.0953. The van der Waals surface area contributed by atoms with E-state index < -0.39 is 5.91 Å². The van der Waals surface area contributed by atoms with Crippen LogP contribution < -0.4 is 15.8 Å². The van der Waals surface area contributed by atoms with Gasteiger partial charge in [-0.2, -0.15) is 0 Å². The predicted molar refractivity (Wildman–Crippen MR) is 106 cm³/mol. The van der Waals surface area contributed by atoms with E-state index in [1.807, 2.05) is 31.2 Å². The molecule has 2 aromatic carbocycles. The number of benzene rings is 2. The number of ether oxygens (including phenoxy) is 1. The molecule has 1 heterocycles. The van der Waals surface area contributed by atoms with Gasteiger partial charge in [0.1, 0.15) is 18.0 Å². The Bertz CT molecular complexity index is 1020. The molecule has 0 aliphatic rings. The van der Waals surface area contributed by atoms with E-state index in [0.717, 1.165) is 10.0 Å². The molecule has 0 bridgehead atoms. The SMILES string of the molecule is CCNC(=O)c1ccc(-n2cc(C(N)=O)nn2)c(OCc2cccc(Br)c2)c1. The Balaban J connectivity index is 1.95. The molecule has 0 spiro atoms. The van der Waals surface area contributed by atoms with Gasteiger partial charge in [0.15, 0.2) is 5.69 Å². The van der Waals surface area contributed by atoms with E-state index in [9.17, 15) is 9.59 Å². The Morgan fingerprint density at radius 3 is 2.75 bits per heavy atom. The van der Waals surface area contributed by atoms with E-state index in [1.165, 1.54) is 10.9 Å². The third kappa shape index (κ3) is 4.55. The molecule has 0 fully saturated rings. The molecule has 3 aromatic rings. The van der Waals surface area contributed by atoms with Crippen LogP contribution in [0.2, 0.25) is 0 Å². The quantitative estimate of drug-likeness (QED) is 0.582. The lowest BCUT2D eigenvalue weighted by Crippen LogP contribution is -2.22. The van der Waals surface area contributed by atoms with Crippen LogP contribution in [0.1, 0.15) is 33.3 Å². The molecule has 1 aromatic heterocycles. The molecule has 0 aliphatic carbocycles. The van der Waals surface area contributed by atoms with Crippen LogP contribution in [0.3, 0.4) is 0 Å². The third-order valence-corrected chi connectivity index (χ3v) is 4.33. The van der Waals surface area contributed by atoms with Crippen molar-refractivity contribution >= 4 is 27.7 Å². The van der Waals surface area contributed by atoms with Gasteiger partial charge in [-0.05, 0) is 42.8 Å². The second-order valence-corrected chi connectivity index (χ2v) is 6.79. The molecule has 0 unspecified atom stereocenters. The molecule has 28 heavy (non-hydrogen) atoms. The number of halogens is 1. The van der Waals surface area contributed by atoms with Crippen molar-refractivity contribution in [3.63, 3.8) is 0 Å². The topological polar surface area (TPSA) is 112 Å². The van der Waals surface area contributed by atoms with Crippen molar-refractivity contribution < 1.29 is 14.3 Å². The van der Waals surface area contributed by atoms with Gasteiger partial charge in [-0.25, -0.2) is 4.68 Å². The largest absolute Gasteiger partial charge is 0.487 e. The third-order valence-electron chi connectivity index (χ3n) is 3.84. The second kappa shape index (κ2) is 8.66. The summed E-state index contributed by atoms with van der Waals surface area (Å²) >= 11 is 3.43. The molecule has 3 N–H and O–H groups in total. The zero-order valence-corrected chi connectivity index (χ0v) is 16.6. The summed E-state index contributed by atoms with van der Waals surface area (Å²) in [6, 6.07) is 12.7. The van der Waals surface area contributed by atoms with Crippen molar-refractivity contribution in [3.05, 3.63) is 70.0 Å². The maximum absolute atomic E-state index is 12.2. The van der Waals surface area contributed by atoms with Crippen LogP contribution in [0, 0.1) is 0 Å². The van der Waals surface area contributed by atoms with Crippen LogP contribution in [0.25, 0.3) is 5.69 Å². The molecule has 0 saturated heterocycles. The summed E-state index contributed by atoms with van der Waals surface area (Å²) in [5.41, 5.74) is 7.20. The van der Waals surface area contributed by atoms with Crippen molar-refractivity contribution in [2.24, 2.45) is 5.73 Å². The van der Waals surface area contributed by atoms with Gasteiger partial charge in [0.25, 0.3) is 11.8 Å². The molecular weight excluding hydrogens is 426 g/mol. The minimum atomic E-state index is -0.679. The summed E-state index contributed by atoms with van der Waals surface area (Å²) in [6.45, 7) is 2.64. The molecule has 0 saturated carbocycles. The van der Waals surface area contributed by atoms with Crippen molar-refractivity contribution in [2.75, 3.05) is 6.54 Å². The normalized spacial score (nSPS) is 10.5. The van der Waals surface area contributed by atoms with Gasteiger partial charge in [-0.1, -0.05) is 33.3 Å². The number of hydrogen-bond acceptors (Lipinski definition) is 5. The number of nitrogens with two attached hydrogens (primary N) is 1. The number of carbonyl (C=O) groups is 2. The van der Waals surface area contributed by atoms with Gasteiger partial charge in [-0.15, -0.1) is 5.10 Å². The summed E-state index contributed by atoms with van der Waals surface area (Å²) in [5, 5.41) is 10.4. The lowest BCUT2D eigenvalue weighted by Gasteiger charge is -2.13. The number of carbonyl (C=O) groups excluding carboxylic acids is 2. The first-order valence-electron chi connectivity index (χ1n) is 8.50. The summed E-state index contributed by atoms with van der Waals surface area (Å²) < 4.78 is 8.29. The lowest BCUT2D eigenvalue weighted by atomic mass is 10.1. The van der Waals surface area contributed by atoms with Crippen LogP contribution in [-0.2, 0) is 6.61 Å². The smallest absolute Gasteiger partial charge is 0.270 e. The molecule has 8 nitrogen and oxygen atoms in total. The first kappa shape index (κ1) is 19.6. The molecule has 0 aliphatic heterocycles. The van der Waals surface area contributed by atoms with E-state index >= 15 is 0 Å². The van der Waals surface area contributed by atoms with Gasteiger partial charge in [0.2, 0.25) is 0 Å². The zero-order chi connectivity index (χ0) is 20.1. The van der Waals surface area contributed by atoms with Crippen LogP contribution in [0.4, 0.5) is 0 Å². The Kier molecular flexibility index (Phi) is 6.05. The molecule has 0 atom stereocenters. The Morgan fingerprint density at radius 1 is 1.25 bits per heavy atom. The van der Waals surface area contributed by atoms with E-state index in [1.54, 1.807) is 18.2 Å². The first-order chi connectivity index (χ1) is 13.5. The van der Waals surface area contributed by atoms with Crippen molar-refractivity contribution in [3.8, 4) is 11.4 Å². The molecule has 2 amide bonds.